The summed E-state index contributed by atoms with van der Waals surface area (Å²) >= 11 is 51.6. The van der Waals surface area contributed by atoms with E-state index in [0.29, 0.717) is 51.0 Å². The zero-order valence-corrected chi connectivity index (χ0v) is 91.0. The fraction of sp³-hybridized carbons (Fsp3) is 0.374. The Balaban J connectivity index is -0.00000142. The zero-order chi connectivity index (χ0) is 94.3. The van der Waals surface area contributed by atoms with Gasteiger partial charge in [0.1, 0.15) is 6.29 Å². The summed E-state index contributed by atoms with van der Waals surface area (Å²) in [7, 11) is 0.887. The summed E-state index contributed by atoms with van der Waals surface area (Å²) in [4.78, 5) is 55.3. The van der Waals surface area contributed by atoms with Gasteiger partial charge in [-0.05, 0) is 242 Å². The summed E-state index contributed by atoms with van der Waals surface area (Å²) < 4.78 is 47.0. The van der Waals surface area contributed by atoms with Gasteiger partial charge in [0.25, 0.3) is 0 Å². The molecule has 13 nitrogen and oxygen atoms in total. The van der Waals surface area contributed by atoms with Gasteiger partial charge in [0.15, 0.2) is 22.9 Å². The van der Waals surface area contributed by atoms with Crippen LogP contribution in [-0.4, -0.2) is 134 Å². The maximum absolute atomic E-state index is 12.3. The van der Waals surface area contributed by atoms with E-state index >= 15 is 0 Å². The predicted octanol–water partition coefficient (Wildman–Crippen LogP) is 26.6. The summed E-state index contributed by atoms with van der Waals surface area (Å²) in [5.74, 6) is 0.881. The molecule has 0 aliphatic carbocycles. The van der Waals surface area contributed by atoms with Gasteiger partial charge < -0.3 is 39.1 Å². The van der Waals surface area contributed by atoms with Crippen LogP contribution in [0.1, 0.15) is 165 Å². The minimum Gasteiger partial charge on any atom is -1.00 e. The number of aryl methyl sites for hydroxylation is 4. The number of aldehydes is 2. The average molecular weight is 2240 g/mol. The van der Waals surface area contributed by atoms with Gasteiger partial charge in [0.2, 0.25) is 0 Å². The van der Waals surface area contributed by atoms with Gasteiger partial charge in [-0.15, -0.1) is 0 Å². The number of esters is 3. The first-order chi connectivity index (χ1) is 59.7. The topological polar surface area (TPSA) is 170 Å². The predicted molar refractivity (Wildman–Crippen MR) is 566 cm³/mol. The molecule has 0 aromatic heterocycles. The van der Waals surface area contributed by atoms with E-state index in [1.165, 1.54) is 64.2 Å². The van der Waals surface area contributed by atoms with Crippen molar-refractivity contribution in [2.45, 2.75) is 176 Å². The molecule has 9 aromatic rings. The van der Waals surface area contributed by atoms with Gasteiger partial charge in [-0.25, -0.2) is 9.59 Å². The number of benzene rings is 9. The minimum absolute atomic E-state index is 0. The Kier molecular flexibility index (Phi) is 67.3. The number of aliphatic hydroxyl groups excluding tert-OH is 1. The summed E-state index contributed by atoms with van der Waals surface area (Å²) in [6.07, 6.45) is 16.3. The first-order valence-corrected chi connectivity index (χ1v) is 54.7. The molecule has 9 aromatic carbocycles. The Hall–Kier alpha value is -4.19. The molecule has 0 saturated carbocycles. The summed E-state index contributed by atoms with van der Waals surface area (Å²) in [6, 6.07) is 63.6. The third-order valence-electron chi connectivity index (χ3n) is 19.7. The molecule has 11 rings (SSSR count). The van der Waals surface area contributed by atoms with Gasteiger partial charge in [-0.1, -0.05) is 333 Å². The third kappa shape index (κ3) is 49.9. The van der Waals surface area contributed by atoms with Crippen LogP contribution < -0.4 is 34.8 Å². The Morgan fingerprint density at radius 2 is 0.773 bits per heavy atom. The van der Waals surface area contributed by atoms with E-state index in [1.807, 2.05) is 115 Å². The van der Waals surface area contributed by atoms with Crippen molar-refractivity contribution in [1.82, 2.24) is 0 Å². The fourth-order valence-electron chi connectivity index (χ4n) is 10.6. The van der Waals surface area contributed by atoms with Crippen molar-refractivity contribution in [2.24, 2.45) is 0 Å². The second-order valence-corrected chi connectivity index (χ2v) is 50.6. The van der Waals surface area contributed by atoms with Crippen LogP contribution in [0.5, 0.6) is 0 Å². The maximum Gasteiger partial charge on any atom is 1.00 e. The van der Waals surface area contributed by atoms with Crippen molar-refractivity contribution < 1.29 is 83.3 Å². The molecular formula is C99H127BBr5Cl6LiO13PSi2. The van der Waals surface area contributed by atoms with Gasteiger partial charge >= 0.3 is 36.8 Å². The third-order valence-corrected chi connectivity index (χ3v) is 37.7. The van der Waals surface area contributed by atoms with Crippen molar-refractivity contribution >= 4 is 239 Å². The van der Waals surface area contributed by atoms with Crippen molar-refractivity contribution in [1.29, 1.82) is 0 Å². The van der Waals surface area contributed by atoms with E-state index < -0.39 is 23.5 Å². The average Bonchev–Trinajstić information content (AvgIpc) is 0.775. The van der Waals surface area contributed by atoms with Crippen molar-refractivity contribution in [3.63, 3.8) is 0 Å². The molecule has 2 heterocycles. The van der Waals surface area contributed by atoms with Crippen LogP contribution in [0.4, 0.5) is 0 Å². The van der Waals surface area contributed by atoms with E-state index in [-0.39, 0.29) is 70.7 Å². The van der Waals surface area contributed by atoms with Crippen LogP contribution in [0, 0.1) is 0 Å². The number of methoxy groups -OCH3 is 3. The quantitative estimate of drug-likeness (QED) is 0.0115. The molecule has 0 atom stereocenters. The number of hydrogen-bond donors (Lipinski definition) is 1. The molecule has 2 saturated heterocycles. The summed E-state index contributed by atoms with van der Waals surface area (Å²) in [6.45, 7) is 28.5. The Labute approximate surface area is 855 Å². The summed E-state index contributed by atoms with van der Waals surface area (Å²) in [5, 5.41) is 16.6. The molecule has 2 fully saturated rings. The smallest absolute Gasteiger partial charge is 1.00 e. The molecule has 2 aliphatic rings. The second kappa shape index (κ2) is 69.6. The van der Waals surface area contributed by atoms with E-state index in [1.54, 1.807) is 61.3 Å². The van der Waals surface area contributed by atoms with Crippen LogP contribution in [0.2, 0.25) is 66.4 Å². The molecule has 3 radical (unpaired) electrons. The van der Waals surface area contributed by atoms with Gasteiger partial charge in [0.05, 0.1) is 21.3 Å². The number of ether oxygens (including phenoxy) is 5. The molecule has 0 spiro atoms. The molecule has 29 heteroatoms. The first kappa shape index (κ1) is 124. The number of halogens is 11. The van der Waals surface area contributed by atoms with Crippen LogP contribution in [-0.2, 0) is 72.6 Å². The molecule has 0 amide bonds. The van der Waals surface area contributed by atoms with E-state index in [2.05, 4.69) is 199 Å². The minimum atomic E-state index is -2.23. The molecule has 0 bridgehead atoms. The standard InChI is InChI=1S/C21H19O2P.C16H25ClO2Si.C15H24BrClOSi.C10H10BrClO2.C10H8BrClO2.C9H10BrClO.C7H4BrClO.2C4H8O.C2H6.CH4.B.Li.H/c1-23-21(22)17-24(18-11-5-2-6-12-18,19-13-7-3-8-14-19)20-15-9-4-10-16-20;1-16(2,3)20(4,5)19-10-6-7-13-8-9-15(17)11-14(13)12-18;1-15(2,3)19(4,5)18-10-6-7-12-8-9-13(17)11-14(12)16;2*1-14-10(13)5-3-7-2-4-8(12)6-9(7)11;10-9-6-8(11)4-3-7(9)2-1-5-12;8-7-3-6(9)2-1-5(7)4-10;2*1-2-4-5-3-1;1-2;;;;/h2-17H,1H3;8-9,11-12H,6-7,10H2,1-5H3;8-9,11H,6-7,10H2,1-5H3;2,4,6H,3,5H2,1H3;2-6H,1H3;3-4,6,12H,1-2,5H2;1-4H;2*1-4H2;1-2H3;1H4;;;/q;;;;;;;;;;;;+1;-1/b;;;;5-3+;;;;;;;;;/i;;;;;;;;;1D;;;;. The first-order valence-electron chi connectivity index (χ1n) is 41.5. The monoisotopic (exact) mass is 2230 g/mol. The summed E-state index contributed by atoms with van der Waals surface area (Å²) in [5.41, 5.74) is 6.76. The normalized spacial score (nSPS) is 11.8. The van der Waals surface area contributed by atoms with Crippen molar-refractivity contribution in [3.05, 3.63) is 298 Å². The second-order valence-electron chi connectivity index (χ2n) is 30.8. The maximum atomic E-state index is 12.3. The number of aliphatic hydroxyl groups is 1. The van der Waals surface area contributed by atoms with Gasteiger partial charge in [-0.2, -0.15) is 0 Å². The van der Waals surface area contributed by atoms with Crippen molar-refractivity contribution in [3.8, 4) is 0 Å². The van der Waals surface area contributed by atoms with Crippen molar-refractivity contribution in [2.75, 3.05) is 67.6 Å². The van der Waals surface area contributed by atoms with E-state index in [4.69, 9.17) is 99.1 Å². The van der Waals surface area contributed by atoms with E-state index in [9.17, 15) is 24.0 Å². The zero-order valence-electron chi connectivity index (χ0n) is 77.6. The molecule has 2 aliphatic heterocycles. The van der Waals surface area contributed by atoms with Gasteiger partial charge in [-0.3, -0.25) is 14.4 Å². The molecule has 1 N–H and O–H groups in total. The number of hydrogen-bond acceptors (Lipinski definition) is 13. The van der Waals surface area contributed by atoms with Gasteiger partial charge in [0, 0.05) is 138 Å². The SMILES string of the molecule is C.C1CCOC1.C1CCOC1.CC(C)(C)[Si](C)(C)OCCCc1ccc(Cl)cc1Br.CC(C)(C)[Si](C)(C)OCCCc1ccc(Cl)cc1C=O.COC(=O)/C=C/c1ccc(Cl)cc1Br.COC(=O)C=P(c1ccccc1)(c1ccccc1)c1ccccc1.COC(=O)CCc1ccc(Cl)cc1Br.O=Cc1ccc(Cl)cc1Br.OCCCc1ccc(Cl)cc1Br.[2H]CC.[B].[H-].[Li+]. The number of rotatable bonds is 24. The molecule has 695 valence electrons. The molecular weight excluding hydrogens is 2110 g/mol. The number of carbonyl (C=O) groups is 5. The van der Waals surface area contributed by atoms with Crippen LogP contribution in [0.15, 0.2) is 229 Å². The Bertz CT molecular complexity index is 4670. The van der Waals surface area contributed by atoms with E-state index in [0.717, 1.165) is 156 Å². The largest absolute Gasteiger partial charge is 1.00 e. The van der Waals surface area contributed by atoms with Crippen LogP contribution >= 0.6 is 156 Å². The van der Waals surface area contributed by atoms with Crippen LogP contribution in [0.3, 0.4) is 0 Å². The molecule has 128 heavy (non-hydrogen) atoms. The Morgan fingerprint density at radius 3 is 1.08 bits per heavy atom. The van der Waals surface area contributed by atoms with Crippen LogP contribution in [0.25, 0.3) is 6.08 Å². The molecule has 0 unspecified atom stereocenters. The number of carbonyl (C=O) groups excluding carboxylic acids is 5. The Morgan fingerprint density at radius 1 is 0.461 bits per heavy atom. The fourth-order valence-corrected chi connectivity index (χ4v) is 20.9.